The highest BCUT2D eigenvalue weighted by atomic mass is 16.6. The summed E-state index contributed by atoms with van der Waals surface area (Å²) in [6.45, 7) is 4.69. The van der Waals surface area contributed by atoms with E-state index in [-0.39, 0.29) is 5.95 Å². The third kappa shape index (κ3) is 9.87. The molecule has 4 atom stereocenters. The zero-order chi connectivity index (χ0) is 29.1. The summed E-state index contributed by atoms with van der Waals surface area (Å²) in [5.74, 6) is -4.25. The molecule has 210 valence electrons. The number of anilines is 1. The van der Waals surface area contributed by atoms with Gasteiger partial charge in [-0.05, 0) is 12.1 Å². The Morgan fingerprint density at radius 2 is 1.46 bits per heavy atom. The first-order valence-corrected chi connectivity index (χ1v) is 11.5. The Morgan fingerprint density at radius 3 is 2.05 bits per heavy atom. The fraction of sp³-hybridized carbons (Fsp3) is 0.417. The van der Waals surface area contributed by atoms with Crippen LogP contribution in [0.4, 0.5) is 5.95 Å². The second-order valence-corrected chi connectivity index (χ2v) is 7.99. The van der Waals surface area contributed by atoms with E-state index >= 15 is 0 Å². The largest absolute Gasteiger partial charge is 0.462 e. The van der Waals surface area contributed by atoms with Gasteiger partial charge in [0.25, 0.3) is 5.56 Å². The van der Waals surface area contributed by atoms with Gasteiger partial charge in [0.05, 0.1) is 17.1 Å². The number of nitrogens with zero attached hydrogens (tertiary/aromatic N) is 2. The topological polar surface area (TPSA) is 202 Å². The van der Waals surface area contributed by atoms with Crippen LogP contribution in [0.5, 0.6) is 0 Å². The van der Waals surface area contributed by atoms with E-state index in [0.29, 0.717) is 10.9 Å². The molecule has 4 unspecified atom stereocenters. The minimum Gasteiger partial charge on any atom is -0.462 e. The number of para-hydroxylation sites is 1. The van der Waals surface area contributed by atoms with Crippen LogP contribution in [-0.4, -0.2) is 77.1 Å². The van der Waals surface area contributed by atoms with Crippen LogP contribution in [0.1, 0.15) is 34.6 Å². The lowest BCUT2D eigenvalue weighted by atomic mass is 10.0. The number of carbonyl (C=O) groups is 5. The van der Waals surface area contributed by atoms with E-state index in [0.717, 1.165) is 40.8 Å². The van der Waals surface area contributed by atoms with Gasteiger partial charge >= 0.3 is 29.8 Å². The normalized spacial score (nSPS) is 14.0. The third-order valence-electron chi connectivity index (χ3n) is 4.69. The van der Waals surface area contributed by atoms with E-state index in [1.54, 1.807) is 24.3 Å². The summed E-state index contributed by atoms with van der Waals surface area (Å²) in [5, 5.41) is 4.26. The number of hydrogen-bond acceptors (Lipinski definition) is 14. The molecule has 0 aliphatic rings. The molecule has 39 heavy (non-hydrogen) atoms. The minimum absolute atomic E-state index is 0.0651. The molecule has 0 fully saturated rings. The number of rotatable bonds is 12. The molecule has 0 amide bonds. The molecule has 0 spiro atoms. The molecule has 0 saturated heterocycles. The van der Waals surface area contributed by atoms with Gasteiger partial charge in [-0.1, -0.05) is 12.1 Å². The van der Waals surface area contributed by atoms with E-state index < -0.39 is 66.4 Å². The first-order chi connectivity index (χ1) is 18.4. The number of H-pyrrole nitrogens is 1. The quantitative estimate of drug-likeness (QED) is 0.162. The number of hydrogen-bond donors (Lipinski definition) is 2. The molecule has 0 aliphatic carbocycles. The molecular formula is C24H28N4O11. The Bertz CT molecular complexity index is 1310. The third-order valence-corrected chi connectivity index (χ3v) is 4.69. The van der Waals surface area contributed by atoms with Crippen molar-refractivity contribution >= 4 is 52.9 Å². The van der Waals surface area contributed by atoms with E-state index in [1.165, 1.54) is 0 Å². The summed E-state index contributed by atoms with van der Waals surface area (Å²) in [6, 6.07) is 6.55. The smallest absolute Gasteiger partial charge is 0.303 e. The summed E-state index contributed by atoms with van der Waals surface area (Å²) < 4.78 is 25.9. The summed E-state index contributed by atoms with van der Waals surface area (Å²) in [6.07, 6.45) is -5.28. The number of aromatic amines is 1. The lowest BCUT2D eigenvalue weighted by molar-refractivity contribution is -0.197. The molecule has 2 rings (SSSR count). The van der Waals surface area contributed by atoms with Gasteiger partial charge in [0.1, 0.15) is 6.61 Å². The SMILES string of the molecule is CC(=O)OCC(OC(C)=O)C(OC(C)=O)C(OC(C)=O)C(/C=N\Nc1nc2ccccc2c(=O)[nH]1)OC(C)=O. The predicted molar refractivity (Wildman–Crippen MR) is 133 cm³/mol. The van der Waals surface area contributed by atoms with Crippen LogP contribution in [0.2, 0.25) is 0 Å². The molecule has 1 heterocycles. The average molecular weight is 549 g/mol. The van der Waals surface area contributed by atoms with Gasteiger partial charge in [-0.25, -0.2) is 10.4 Å². The fourth-order valence-electron chi connectivity index (χ4n) is 3.35. The highest BCUT2D eigenvalue weighted by molar-refractivity contribution is 5.78. The molecule has 2 aromatic rings. The predicted octanol–water partition coefficient (Wildman–Crippen LogP) is 0.611. The molecule has 0 radical (unpaired) electrons. The number of esters is 5. The van der Waals surface area contributed by atoms with Crippen molar-refractivity contribution in [1.82, 2.24) is 9.97 Å². The lowest BCUT2D eigenvalue weighted by Crippen LogP contribution is -2.53. The van der Waals surface area contributed by atoms with E-state index in [4.69, 9.17) is 23.7 Å². The van der Waals surface area contributed by atoms with Crippen molar-refractivity contribution in [2.75, 3.05) is 12.0 Å². The zero-order valence-electron chi connectivity index (χ0n) is 21.8. The Hall–Kier alpha value is -4.82. The molecule has 15 nitrogen and oxygen atoms in total. The van der Waals surface area contributed by atoms with Crippen molar-refractivity contribution in [3.8, 4) is 0 Å². The maximum Gasteiger partial charge on any atom is 0.303 e. The van der Waals surface area contributed by atoms with Crippen LogP contribution in [-0.2, 0) is 47.7 Å². The van der Waals surface area contributed by atoms with Crippen molar-refractivity contribution in [3.05, 3.63) is 34.6 Å². The van der Waals surface area contributed by atoms with E-state index in [2.05, 4.69) is 20.5 Å². The van der Waals surface area contributed by atoms with Gasteiger partial charge in [-0.2, -0.15) is 5.10 Å². The summed E-state index contributed by atoms with van der Waals surface area (Å²) in [7, 11) is 0. The lowest BCUT2D eigenvalue weighted by Gasteiger charge is -2.34. The van der Waals surface area contributed by atoms with Crippen molar-refractivity contribution < 1.29 is 47.7 Å². The molecular weight excluding hydrogens is 520 g/mol. The maximum atomic E-state index is 12.3. The molecule has 1 aromatic heterocycles. The average Bonchev–Trinajstić information content (AvgIpc) is 2.82. The standard InChI is InChI=1S/C24H28N4O11/c1-12(29)35-11-20(37-14(3)31)22(39-16(5)33)21(38-15(4)32)19(36-13(2)30)10-25-28-24-26-18-9-7-6-8-17(18)23(34)27-24/h6-10,19-22H,11H2,1-5H3,(H2,26,27,28,34)/b25-10-. The monoisotopic (exact) mass is 548 g/mol. The fourth-order valence-corrected chi connectivity index (χ4v) is 3.35. The minimum atomic E-state index is -1.63. The number of nitrogens with one attached hydrogen (secondary N) is 2. The van der Waals surface area contributed by atoms with Gasteiger partial charge in [0.2, 0.25) is 5.95 Å². The Labute approximate surface area is 221 Å². The van der Waals surface area contributed by atoms with Crippen LogP contribution in [0.25, 0.3) is 10.9 Å². The van der Waals surface area contributed by atoms with Crippen LogP contribution < -0.4 is 11.0 Å². The van der Waals surface area contributed by atoms with Gasteiger partial charge in [-0.3, -0.25) is 33.8 Å². The number of hydrazone groups is 1. The van der Waals surface area contributed by atoms with Gasteiger partial charge in [0.15, 0.2) is 24.4 Å². The van der Waals surface area contributed by atoms with Crippen LogP contribution in [0.15, 0.2) is 34.2 Å². The van der Waals surface area contributed by atoms with Crippen LogP contribution in [0, 0.1) is 0 Å². The van der Waals surface area contributed by atoms with E-state index in [1.807, 2.05) is 0 Å². The van der Waals surface area contributed by atoms with Gasteiger partial charge in [0, 0.05) is 34.6 Å². The first kappa shape index (κ1) is 30.4. The van der Waals surface area contributed by atoms with Crippen LogP contribution in [0.3, 0.4) is 0 Å². The number of benzene rings is 1. The molecule has 2 N–H and O–H groups in total. The molecule has 0 aliphatic heterocycles. The van der Waals surface area contributed by atoms with Crippen molar-refractivity contribution in [2.45, 2.75) is 59.0 Å². The first-order valence-electron chi connectivity index (χ1n) is 11.5. The second kappa shape index (κ2) is 14.2. The van der Waals surface area contributed by atoms with Crippen molar-refractivity contribution in [2.24, 2.45) is 5.10 Å². The Morgan fingerprint density at radius 1 is 0.872 bits per heavy atom. The second-order valence-electron chi connectivity index (χ2n) is 7.99. The summed E-state index contributed by atoms with van der Waals surface area (Å²) in [5.41, 5.74) is 2.41. The number of ether oxygens (including phenoxy) is 5. The van der Waals surface area contributed by atoms with Crippen molar-refractivity contribution in [1.29, 1.82) is 0 Å². The van der Waals surface area contributed by atoms with E-state index in [9.17, 15) is 28.8 Å². The molecule has 0 saturated carbocycles. The maximum absolute atomic E-state index is 12.3. The van der Waals surface area contributed by atoms with Gasteiger partial charge < -0.3 is 23.7 Å². The van der Waals surface area contributed by atoms with Crippen molar-refractivity contribution in [3.63, 3.8) is 0 Å². The van der Waals surface area contributed by atoms with Gasteiger partial charge in [-0.15, -0.1) is 0 Å². The summed E-state index contributed by atoms with van der Waals surface area (Å²) >= 11 is 0. The highest BCUT2D eigenvalue weighted by Crippen LogP contribution is 2.20. The number of carbonyl (C=O) groups excluding carboxylic acids is 5. The summed E-state index contributed by atoms with van der Waals surface area (Å²) in [4.78, 5) is 78.0. The molecule has 15 heteroatoms. The Kier molecular flexibility index (Phi) is 11.1. The number of fused-ring (bicyclic) bond motifs is 1. The van der Waals surface area contributed by atoms with Crippen LogP contribution >= 0.6 is 0 Å². The number of aromatic nitrogens is 2. The Balaban J connectivity index is 2.48. The highest BCUT2D eigenvalue weighted by Gasteiger charge is 2.43. The molecule has 0 bridgehead atoms. The zero-order valence-corrected chi connectivity index (χ0v) is 21.8. The molecule has 1 aromatic carbocycles.